The maximum absolute atomic E-state index is 6.52. The molecule has 0 saturated heterocycles. The summed E-state index contributed by atoms with van der Waals surface area (Å²) in [5.41, 5.74) is 5.32. The summed E-state index contributed by atoms with van der Waals surface area (Å²) in [4.78, 5) is 2.31. The lowest BCUT2D eigenvalue weighted by atomic mass is 9.98. The molecule has 0 saturated carbocycles. The summed E-state index contributed by atoms with van der Waals surface area (Å²) in [6.45, 7) is 4.39. The van der Waals surface area contributed by atoms with Gasteiger partial charge in [0.15, 0.2) is 0 Å². The van der Waals surface area contributed by atoms with Crippen molar-refractivity contribution < 1.29 is 0 Å². The van der Waals surface area contributed by atoms with Crippen LogP contribution in [0.4, 0.5) is 5.69 Å². The average molecular weight is 272 g/mol. The predicted octanol–water partition coefficient (Wildman–Crippen LogP) is 4.69. The molecule has 2 heteroatoms. The highest BCUT2D eigenvalue weighted by atomic mass is 35.5. The quantitative estimate of drug-likeness (QED) is 0.566. The van der Waals surface area contributed by atoms with Gasteiger partial charge in [-0.2, -0.15) is 0 Å². The van der Waals surface area contributed by atoms with E-state index in [2.05, 4.69) is 67.3 Å². The highest BCUT2D eigenvalue weighted by Crippen LogP contribution is 2.40. The number of halogens is 1. The lowest BCUT2D eigenvalue weighted by Crippen LogP contribution is -2.33. The number of rotatable bonds is 2. The van der Waals surface area contributed by atoms with Gasteiger partial charge in [0.2, 0.25) is 0 Å². The Bertz CT molecular complexity index is 577. The van der Waals surface area contributed by atoms with Crippen LogP contribution in [0, 0.1) is 0 Å². The van der Waals surface area contributed by atoms with Crippen LogP contribution in [-0.4, -0.2) is 11.5 Å². The molecule has 1 aliphatic heterocycles. The van der Waals surface area contributed by atoms with Crippen LogP contribution in [0.2, 0.25) is 0 Å². The van der Waals surface area contributed by atoms with E-state index < -0.39 is 0 Å². The van der Waals surface area contributed by atoms with E-state index in [-0.39, 0.29) is 5.50 Å². The van der Waals surface area contributed by atoms with Crippen LogP contribution < -0.4 is 4.90 Å². The monoisotopic (exact) mass is 271 g/mol. The second kappa shape index (κ2) is 4.90. The highest BCUT2D eigenvalue weighted by molar-refractivity contribution is 6.22. The summed E-state index contributed by atoms with van der Waals surface area (Å²) >= 11 is 6.52. The number of benzene rings is 2. The standard InChI is InChI=1S/C17H18ClN/c1-12(2)19-16-10-6-9-14(15(16)11-17(19)18)13-7-4-3-5-8-13/h3-10,12,17H,11H2,1-2H3. The average Bonchev–Trinajstić information content (AvgIpc) is 2.75. The topological polar surface area (TPSA) is 3.24 Å². The molecule has 0 spiro atoms. The van der Waals surface area contributed by atoms with E-state index in [0.717, 1.165) is 6.42 Å². The normalized spacial score (nSPS) is 17.9. The third kappa shape index (κ3) is 2.12. The van der Waals surface area contributed by atoms with Gasteiger partial charge in [-0.05, 0) is 36.6 Å². The van der Waals surface area contributed by atoms with Gasteiger partial charge in [-0.1, -0.05) is 54.1 Å². The smallest absolute Gasteiger partial charge is 0.108 e. The number of nitrogens with zero attached hydrogens (tertiary/aromatic N) is 1. The van der Waals surface area contributed by atoms with Crippen LogP contribution in [0.5, 0.6) is 0 Å². The number of fused-ring (bicyclic) bond motifs is 1. The molecule has 0 fully saturated rings. The Kier molecular flexibility index (Phi) is 3.24. The number of hydrogen-bond donors (Lipinski definition) is 0. The van der Waals surface area contributed by atoms with Gasteiger partial charge in [-0.15, -0.1) is 0 Å². The van der Waals surface area contributed by atoms with Crippen molar-refractivity contribution in [2.75, 3.05) is 4.90 Å². The van der Waals surface area contributed by atoms with Gasteiger partial charge >= 0.3 is 0 Å². The minimum Gasteiger partial charge on any atom is -0.352 e. The number of anilines is 1. The Hall–Kier alpha value is -1.47. The van der Waals surface area contributed by atoms with Crippen LogP contribution in [0.1, 0.15) is 19.4 Å². The van der Waals surface area contributed by atoms with Crippen molar-refractivity contribution in [3.63, 3.8) is 0 Å². The van der Waals surface area contributed by atoms with E-state index in [4.69, 9.17) is 11.6 Å². The molecule has 1 nitrogen and oxygen atoms in total. The molecule has 2 aromatic carbocycles. The van der Waals surface area contributed by atoms with Gasteiger partial charge in [0, 0.05) is 18.2 Å². The summed E-state index contributed by atoms with van der Waals surface area (Å²) in [6.07, 6.45) is 0.917. The van der Waals surface area contributed by atoms with E-state index in [0.29, 0.717) is 6.04 Å². The Labute approximate surface area is 119 Å². The first-order chi connectivity index (χ1) is 9.18. The zero-order valence-corrected chi connectivity index (χ0v) is 12.1. The zero-order valence-electron chi connectivity index (χ0n) is 11.3. The van der Waals surface area contributed by atoms with E-state index in [9.17, 15) is 0 Å². The second-order valence-electron chi connectivity index (χ2n) is 5.31. The molecule has 1 atom stereocenters. The number of hydrogen-bond acceptors (Lipinski definition) is 1. The molecule has 98 valence electrons. The van der Waals surface area contributed by atoms with E-state index in [1.807, 2.05) is 0 Å². The van der Waals surface area contributed by atoms with Crippen molar-refractivity contribution in [1.82, 2.24) is 0 Å². The van der Waals surface area contributed by atoms with Gasteiger partial charge in [0.25, 0.3) is 0 Å². The van der Waals surface area contributed by atoms with Crippen LogP contribution >= 0.6 is 11.6 Å². The van der Waals surface area contributed by atoms with Crippen LogP contribution in [0.25, 0.3) is 11.1 Å². The summed E-state index contributed by atoms with van der Waals surface area (Å²) in [7, 11) is 0. The Balaban J connectivity index is 2.12. The summed E-state index contributed by atoms with van der Waals surface area (Å²) in [5.74, 6) is 0. The van der Waals surface area contributed by atoms with E-state index in [1.54, 1.807) is 0 Å². The summed E-state index contributed by atoms with van der Waals surface area (Å²) in [5, 5.41) is 0. The molecule has 1 aliphatic rings. The molecule has 0 N–H and O–H groups in total. The highest BCUT2D eigenvalue weighted by Gasteiger charge is 2.31. The van der Waals surface area contributed by atoms with Gasteiger partial charge in [-0.25, -0.2) is 0 Å². The first kappa shape index (κ1) is 12.6. The summed E-state index contributed by atoms with van der Waals surface area (Å²) < 4.78 is 0. The molecular weight excluding hydrogens is 254 g/mol. The SMILES string of the molecule is CC(C)N1c2cccc(-c3ccccc3)c2CC1Cl. The summed E-state index contributed by atoms with van der Waals surface area (Å²) in [6, 6.07) is 17.5. The zero-order chi connectivity index (χ0) is 13.4. The van der Waals surface area contributed by atoms with E-state index >= 15 is 0 Å². The van der Waals surface area contributed by atoms with Crippen molar-refractivity contribution in [3.8, 4) is 11.1 Å². The fraction of sp³-hybridized carbons (Fsp3) is 0.294. The first-order valence-electron chi connectivity index (χ1n) is 6.78. The minimum atomic E-state index is 0.0693. The van der Waals surface area contributed by atoms with Crippen molar-refractivity contribution in [2.24, 2.45) is 0 Å². The largest absolute Gasteiger partial charge is 0.352 e. The van der Waals surface area contributed by atoms with Crippen LogP contribution in [0.15, 0.2) is 48.5 Å². The molecule has 19 heavy (non-hydrogen) atoms. The molecule has 1 heterocycles. The molecule has 0 radical (unpaired) electrons. The van der Waals surface area contributed by atoms with Gasteiger partial charge in [0.05, 0.1) is 0 Å². The molecular formula is C17H18ClN. The van der Waals surface area contributed by atoms with Gasteiger partial charge in [-0.3, -0.25) is 0 Å². The Morgan fingerprint density at radius 3 is 2.47 bits per heavy atom. The molecule has 3 rings (SSSR count). The van der Waals surface area contributed by atoms with Crippen molar-refractivity contribution in [2.45, 2.75) is 31.8 Å². The molecule has 0 aromatic heterocycles. The number of alkyl halides is 1. The first-order valence-corrected chi connectivity index (χ1v) is 7.22. The van der Waals surface area contributed by atoms with E-state index in [1.165, 1.54) is 22.4 Å². The molecule has 2 aromatic rings. The second-order valence-corrected chi connectivity index (χ2v) is 5.81. The van der Waals surface area contributed by atoms with Crippen molar-refractivity contribution >= 4 is 17.3 Å². The Morgan fingerprint density at radius 2 is 1.79 bits per heavy atom. The molecule has 0 aliphatic carbocycles. The fourth-order valence-electron chi connectivity index (χ4n) is 2.94. The third-order valence-corrected chi connectivity index (χ3v) is 4.11. The van der Waals surface area contributed by atoms with Gasteiger partial charge < -0.3 is 4.90 Å². The molecule has 0 bridgehead atoms. The lowest BCUT2D eigenvalue weighted by molar-refractivity contribution is 0.678. The van der Waals surface area contributed by atoms with Crippen LogP contribution in [0.3, 0.4) is 0 Å². The maximum atomic E-state index is 6.52. The maximum Gasteiger partial charge on any atom is 0.108 e. The van der Waals surface area contributed by atoms with Gasteiger partial charge in [0.1, 0.15) is 5.50 Å². The van der Waals surface area contributed by atoms with Crippen molar-refractivity contribution in [1.29, 1.82) is 0 Å². The Morgan fingerprint density at radius 1 is 1.05 bits per heavy atom. The molecule has 0 amide bonds. The minimum absolute atomic E-state index is 0.0693. The fourth-order valence-corrected chi connectivity index (χ4v) is 3.42. The predicted molar refractivity (Wildman–Crippen MR) is 82.8 cm³/mol. The van der Waals surface area contributed by atoms with Crippen molar-refractivity contribution in [3.05, 3.63) is 54.1 Å². The lowest BCUT2D eigenvalue weighted by Gasteiger charge is -2.27. The third-order valence-electron chi connectivity index (χ3n) is 3.74. The molecule has 1 unspecified atom stereocenters. The van der Waals surface area contributed by atoms with Crippen LogP contribution in [-0.2, 0) is 6.42 Å².